The average Bonchev–Trinajstić information content (AvgIpc) is 2.99. The summed E-state index contributed by atoms with van der Waals surface area (Å²) in [5.41, 5.74) is 0. The second-order valence-electron chi connectivity index (χ2n) is 11.2. The number of allylic oxidation sites excluding steroid dienone is 2. The van der Waals surface area contributed by atoms with Crippen LogP contribution in [0, 0.1) is 0 Å². The average molecular weight is 637 g/mol. The van der Waals surface area contributed by atoms with Crippen LogP contribution < -0.4 is 0 Å². The predicted octanol–water partition coefficient (Wildman–Crippen LogP) is 7.33. The van der Waals surface area contributed by atoms with Crippen molar-refractivity contribution >= 4 is 19.8 Å². The fraction of sp³-hybridized carbons (Fsp3) is 0.875. The lowest BCUT2D eigenvalue weighted by molar-refractivity contribution is -0.161. The Morgan fingerprint density at radius 3 is 1.77 bits per heavy atom. The molecule has 0 aromatic rings. The molecule has 3 atom stereocenters. The molecule has 0 aliphatic heterocycles. The van der Waals surface area contributed by atoms with E-state index in [0.29, 0.717) is 12.8 Å². The molecule has 0 heterocycles. The predicted molar refractivity (Wildman–Crippen MR) is 168 cm³/mol. The van der Waals surface area contributed by atoms with Gasteiger partial charge in [-0.05, 0) is 32.1 Å². The molecule has 0 spiro atoms. The van der Waals surface area contributed by atoms with Gasteiger partial charge in [-0.15, -0.1) is 0 Å². The van der Waals surface area contributed by atoms with E-state index in [0.717, 1.165) is 64.2 Å². The Morgan fingerprint density at radius 2 is 1.19 bits per heavy atom. The van der Waals surface area contributed by atoms with Gasteiger partial charge in [0.05, 0.1) is 19.8 Å². The van der Waals surface area contributed by atoms with Crippen LogP contribution in [-0.4, -0.2) is 65.7 Å². The van der Waals surface area contributed by atoms with Crippen molar-refractivity contribution in [2.75, 3.05) is 26.4 Å². The minimum Gasteiger partial charge on any atom is -0.462 e. The molecule has 0 radical (unpaired) electrons. The van der Waals surface area contributed by atoms with Crippen molar-refractivity contribution in [2.45, 2.75) is 154 Å². The van der Waals surface area contributed by atoms with E-state index in [2.05, 4.69) is 30.5 Å². The summed E-state index contributed by atoms with van der Waals surface area (Å²) < 4.78 is 32.4. The molecule has 10 nitrogen and oxygen atoms in total. The molecule has 0 saturated carbocycles. The molecule has 0 aromatic carbocycles. The molecule has 0 amide bonds. The van der Waals surface area contributed by atoms with Gasteiger partial charge in [0.15, 0.2) is 6.10 Å². The number of rotatable bonds is 31. The van der Waals surface area contributed by atoms with Gasteiger partial charge in [-0.25, -0.2) is 4.57 Å². The summed E-state index contributed by atoms with van der Waals surface area (Å²) in [6.45, 7) is 2.26. The van der Waals surface area contributed by atoms with Crippen LogP contribution in [0.5, 0.6) is 0 Å². The van der Waals surface area contributed by atoms with Crippen LogP contribution in [0.4, 0.5) is 0 Å². The Labute approximate surface area is 260 Å². The molecule has 43 heavy (non-hydrogen) atoms. The Bertz CT molecular complexity index is 746. The number of hydrogen-bond donors (Lipinski definition) is 3. The van der Waals surface area contributed by atoms with Gasteiger partial charge >= 0.3 is 19.8 Å². The summed E-state index contributed by atoms with van der Waals surface area (Å²) in [6.07, 6.45) is 22.0. The van der Waals surface area contributed by atoms with E-state index < -0.39 is 51.8 Å². The minimum atomic E-state index is -4.60. The zero-order valence-corrected chi connectivity index (χ0v) is 27.8. The van der Waals surface area contributed by atoms with Crippen molar-refractivity contribution in [3.05, 3.63) is 12.2 Å². The third-order valence-electron chi connectivity index (χ3n) is 6.90. The number of phosphoric acid groups is 1. The summed E-state index contributed by atoms with van der Waals surface area (Å²) in [7, 11) is -4.60. The molecule has 0 aliphatic rings. The van der Waals surface area contributed by atoms with E-state index in [-0.39, 0.29) is 19.4 Å². The van der Waals surface area contributed by atoms with Crippen LogP contribution in [0.25, 0.3) is 0 Å². The van der Waals surface area contributed by atoms with Gasteiger partial charge in [-0.3, -0.25) is 18.6 Å². The maximum Gasteiger partial charge on any atom is 0.472 e. The molecular weight excluding hydrogens is 575 g/mol. The van der Waals surface area contributed by atoms with Crippen LogP contribution in [0.3, 0.4) is 0 Å². The maximum atomic E-state index is 12.4. The molecular formula is C32H61O10P. The van der Waals surface area contributed by atoms with E-state index in [1.54, 1.807) is 0 Å². The molecule has 3 unspecified atom stereocenters. The summed E-state index contributed by atoms with van der Waals surface area (Å²) in [4.78, 5) is 34.5. The minimum absolute atomic E-state index is 0.176. The number of aliphatic hydroxyl groups excluding tert-OH is 2. The normalized spacial score (nSPS) is 14.4. The van der Waals surface area contributed by atoms with Gasteiger partial charge in [-0.1, -0.05) is 109 Å². The quantitative estimate of drug-likeness (QED) is 0.0306. The molecule has 254 valence electrons. The number of unbranched alkanes of at least 4 members (excludes halogenated alkanes) is 15. The van der Waals surface area contributed by atoms with E-state index in [1.165, 1.54) is 38.5 Å². The highest BCUT2D eigenvalue weighted by molar-refractivity contribution is 7.47. The van der Waals surface area contributed by atoms with Crippen molar-refractivity contribution in [2.24, 2.45) is 0 Å². The second-order valence-corrected chi connectivity index (χ2v) is 12.6. The van der Waals surface area contributed by atoms with E-state index in [4.69, 9.17) is 19.1 Å². The first-order chi connectivity index (χ1) is 20.7. The first-order valence-corrected chi connectivity index (χ1v) is 18.1. The summed E-state index contributed by atoms with van der Waals surface area (Å²) >= 11 is 0. The van der Waals surface area contributed by atoms with Crippen LogP contribution >= 0.6 is 7.82 Å². The lowest BCUT2D eigenvalue weighted by atomic mass is 10.1. The second kappa shape index (κ2) is 29.4. The number of carbonyl (C=O) groups is 2. The molecule has 0 rings (SSSR count). The Balaban J connectivity index is 4.46. The Hall–Kier alpha value is -1.29. The molecule has 0 aliphatic carbocycles. The molecule has 0 fully saturated rings. The van der Waals surface area contributed by atoms with Crippen molar-refractivity contribution in [1.82, 2.24) is 0 Å². The third kappa shape index (κ3) is 29.2. The SMILES string of the molecule is CCC/C=C\CCCCCCCC(=O)OC(COC(=O)CCCCCCCCCCCC)COP(=O)(O)OCC(O)CO. The number of esters is 2. The largest absolute Gasteiger partial charge is 0.472 e. The van der Waals surface area contributed by atoms with Gasteiger partial charge in [0.25, 0.3) is 0 Å². The summed E-state index contributed by atoms with van der Waals surface area (Å²) in [6, 6.07) is 0. The van der Waals surface area contributed by atoms with Gasteiger partial charge in [0.1, 0.15) is 12.7 Å². The highest BCUT2D eigenvalue weighted by Crippen LogP contribution is 2.43. The van der Waals surface area contributed by atoms with Crippen molar-refractivity contribution in [3.8, 4) is 0 Å². The van der Waals surface area contributed by atoms with Gasteiger partial charge in [0.2, 0.25) is 0 Å². The van der Waals surface area contributed by atoms with Crippen LogP contribution in [-0.2, 0) is 32.7 Å². The molecule has 3 N–H and O–H groups in total. The van der Waals surface area contributed by atoms with Gasteiger partial charge in [0, 0.05) is 12.8 Å². The van der Waals surface area contributed by atoms with E-state index in [1.807, 2.05) is 0 Å². The van der Waals surface area contributed by atoms with Crippen molar-refractivity contribution < 1.29 is 47.8 Å². The maximum absolute atomic E-state index is 12.4. The van der Waals surface area contributed by atoms with Crippen LogP contribution in [0.2, 0.25) is 0 Å². The highest BCUT2D eigenvalue weighted by atomic mass is 31.2. The smallest absolute Gasteiger partial charge is 0.462 e. The highest BCUT2D eigenvalue weighted by Gasteiger charge is 2.27. The van der Waals surface area contributed by atoms with Crippen molar-refractivity contribution in [3.63, 3.8) is 0 Å². The van der Waals surface area contributed by atoms with Gasteiger partial charge < -0.3 is 24.6 Å². The van der Waals surface area contributed by atoms with E-state index >= 15 is 0 Å². The Kier molecular flexibility index (Phi) is 28.5. The number of carbonyl (C=O) groups excluding carboxylic acids is 2. The summed E-state index contributed by atoms with van der Waals surface area (Å²) in [5, 5.41) is 18.2. The number of hydrogen-bond acceptors (Lipinski definition) is 9. The summed E-state index contributed by atoms with van der Waals surface area (Å²) in [5.74, 6) is -0.939. The topological polar surface area (TPSA) is 149 Å². The fourth-order valence-electron chi connectivity index (χ4n) is 4.29. The van der Waals surface area contributed by atoms with Gasteiger partial charge in [-0.2, -0.15) is 0 Å². The molecule has 11 heteroatoms. The number of phosphoric ester groups is 1. The zero-order chi connectivity index (χ0) is 32.0. The first-order valence-electron chi connectivity index (χ1n) is 16.6. The first kappa shape index (κ1) is 41.7. The van der Waals surface area contributed by atoms with Crippen molar-refractivity contribution in [1.29, 1.82) is 0 Å². The molecule has 0 aromatic heterocycles. The number of aliphatic hydroxyl groups is 2. The lowest BCUT2D eigenvalue weighted by Gasteiger charge is -2.20. The lowest BCUT2D eigenvalue weighted by Crippen LogP contribution is -2.29. The molecule has 0 saturated heterocycles. The zero-order valence-electron chi connectivity index (χ0n) is 26.9. The van der Waals surface area contributed by atoms with E-state index in [9.17, 15) is 24.2 Å². The third-order valence-corrected chi connectivity index (χ3v) is 7.85. The Morgan fingerprint density at radius 1 is 0.674 bits per heavy atom. The molecule has 0 bridgehead atoms. The van der Waals surface area contributed by atoms with Crippen LogP contribution in [0.15, 0.2) is 12.2 Å². The monoisotopic (exact) mass is 636 g/mol. The standard InChI is InChI=1S/C32H61O10P/c1-3-5-7-9-11-13-15-17-19-21-23-31(35)39-27-30(28-41-43(37,38)40-26-29(34)25-33)42-32(36)24-22-20-18-16-14-12-10-8-6-4-2/h8,10,29-30,33-34H,3-7,9,11-28H2,1-2H3,(H,37,38)/b10-8-. The fourth-order valence-corrected chi connectivity index (χ4v) is 5.08. The number of ether oxygens (including phenoxy) is 2. The van der Waals surface area contributed by atoms with Crippen LogP contribution in [0.1, 0.15) is 142 Å².